The van der Waals surface area contributed by atoms with Gasteiger partial charge in [-0.25, -0.2) is 22.0 Å². The number of alkyl halides is 3. The van der Waals surface area contributed by atoms with Crippen molar-refractivity contribution >= 4 is 20.0 Å². The van der Waals surface area contributed by atoms with Crippen molar-refractivity contribution in [2.75, 3.05) is 13.1 Å². The van der Waals surface area contributed by atoms with Crippen molar-refractivity contribution in [3.63, 3.8) is 0 Å². The number of primary sulfonamides is 1. The number of piperidine rings is 1. The third kappa shape index (κ3) is 6.44. The monoisotopic (exact) mass is 603 g/mol. The molecular formula is C28H40F3N3O4S2. The number of hydrogen-bond donors (Lipinski definition) is 1. The van der Waals surface area contributed by atoms with Gasteiger partial charge in [-0.3, -0.25) is 0 Å². The molecule has 1 aliphatic carbocycles. The zero-order chi connectivity index (χ0) is 29.7. The molecule has 2 N–H and O–H groups in total. The molecule has 1 saturated carbocycles. The number of aromatic nitrogens is 1. The summed E-state index contributed by atoms with van der Waals surface area (Å²) in [5.74, 6) is -1.31. The van der Waals surface area contributed by atoms with Gasteiger partial charge in [0.05, 0.1) is 10.8 Å². The maximum atomic E-state index is 13.8. The van der Waals surface area contributed by atoms with Crippen molar-refractivity contribution in [2.24, 2.45) is 17.0 Å². The molecule has 4 rings (SSSR count). The number of halogens is 3. The topological polar surface area (TPSA) is 102 Å². The highest BCUT2D eigenvalue weighted by Crippen LogP contribution is 2.40. The second-order valence-corrected chi connectivity index (χ2v) is 15.8. The van der Waals surface area contributed by atoms with Crippen LogP contribution in [-0.2, 0) is 32.0 Å². The van der Waals surface area contributed by atoms with Crippen LogP contribution in [0.5, 0.6) is 0 Å². The van der Waals surface area contributed by atoms with Gasteiger partial charge in [0.2, 0.25) is 20.0 Å². The second kappa shape index (κ2) is 11.1. The molecule has 0 radical (unpaired) electrons. The number of hydrogen-bond acceptors (Lipinski definition) is 4. The van der Waals surface area contributed by atoms with E-state index in [0.29, 0.717) is 35.0 Å². The summed E-state index contributed by atoms with van der Waals surface area (Å²) in [6, 6.07) is 6.35. The van der Waals surface area contributed by atoms with E-state index < -0.39 is 44.1 Å². The van der Waals surface area contributed by atoms with E-state index in [0.717, 1.165) is 30.0 Å². The van der Waals surface area contributed by atoms with E-state index in [2.05, 4.69) is 0 Å². The number of nitrogens with two attached hydrogens (primary N) is 1. The van der Waals surface area contributed by atoms with Gasteiger partial charge in [-0.1, -0.05) is 46.1 Å². The first-order valence-corrected chi connectivity index (χ1v) is 16.8. The number of nitrogens with zero attached hydrogens (tertiary/aromatic N) is 2. The number of sulfonamides is 2. The molecule has 1 saturated heterocycles. The fraction of sp³-hybridized carbons (Fsp3) is 0.643. The summed E-state index contributed by atoms with van der Waals surface area (Å²) < 4.78 is 95.7. The quantitative estimate of drug-likeness (QED) is 0.441. The number of benzene rings is 1. The van der Waals surface area contributed by atoms with Crippen molar-refractivity contribution in [3.8, 4) is 11.3 Å². The van der Waals surface area contributed by atoms with Crippen LogP contribution in [0.1, 0.15) is 77.0 Å². The summed E-state index contributed by atoms with van der Waals surface area (Å²) >= 11 is 0. The van der Waals surface area contributed by atoms with Crippen LogP contribution in [0.4, 0.5) is 13.2 Å². The van der Waals surface area contributed by atoms with Gasteiger partial charge in [0.25, 0.3) is 0 Å². The van der Waals surface area contributed by atoms with Crippen LogP contribution in [0, 0.1) is 18.8 Å². The Morgan fingerprint density at radius 1 is 0.925 bits per heavy atom. The standard InChI is InChI=1S/C28H40F3N3O4S2/c1-19-26(39(32,35)36)16-24(34(19)17-20-9-6-5-7-10-20)21-12-13-25(23(15-21)27(2,3)4)40(37,38)33-14-8-11-22(18-33)28(29,30)31/h12-13,15-16,20,22H,5-11,14,17-18H2,1-4H3,(H2,32,35,36). The lowest BCUT2D eigenvalue weighted by atomic mass is 9.85. The molecule has 224 valence electrons. The third-order valence-corrected chi connectivity index (χ3v) is 11.3. The van der Waals surface area contributed by atoms with Crippen molar-refractivity contribution in [3.05, 3.63) is 35.5 Å². The largest absolute Gasteiger partial charge is 0.393 e. The predicted molar refractivity (Wildman–Crippen MR) is 149 cm³/mol. The normalized spacial score (nSPS) is 20.6. The van der Waals surface area contributed by atoms with Gasteiger partial charge in [0.1, 0.15) is 4.90 Å². The van der Waals surface area contributed by atoms with E-state index in [1.807, 2.05) is 25.3 Å². The van der Waals surface area contributed by atoms with Gasteiger partial charge < -0.3 is 4.57 Å². The average molecular weight is 604 g/mol. The Morgan fingerprint density at radius 2 is 1.57 bits per heavy atom. The minimum atomic E-state index is -4.46. The van der Waals surface area contributed by atoms with Gasteiger partial charge >= 0.3 is 6.18 Å². The zero-order valence-corrected chi connectivity index (χ0v) is 25.2. The maximum Gasteiger partial charge on any atom is 0.393 e. The van der Waals surface area contributed by atoms with E-state index >= 15 is 0 Å². The van der Waals surface area contributed by atoms with Crippen LogP contribution in [0.3, 0.4) is 0 Å². The van der Waals surface area contributed by atoms with Crippen LogP contribution in [0.15, 0.2) is 34.1 Å². The minimum absolute atomic E-state index is 0.0267. The molecule has 1 aromatic carbocycles. The molecule has 7 nitrogen and oxygen atoms in total. The Balaban J connectivity index is 1.82. The van der Waals surface area contributed by atoms with Crippen LogP contribution in [0.25, 0.3) is 11.3 Å². The predicted octanol–water partition coefficient (Wildman–Crippen LogP) is 5.95. The Morgan fingerprint density at radius 3 is 2.15 bits per heavy atom. The van der Waals surface area contributed by atoms with Gasteiger partial charge in [0.15, 0.2) is 0 Å². The summed E-state index contributed by atoms with van der Waals surface area (Å²) in [5.41, 5.74) is 1.57. The molecule has 1 aromatic heterocycles. The van der Waals surface area contributed by atoms with E-state index in [-0.39, 0.29) is 29.2 Å². The highest BCUT2D eigenvalue weighted by Gasteiger charge is 2.45. The number of rotatable bonds is 6. The molecule has 2 aliphatic rings. The highest BCUT2D eigenvalue weighted by atomic mass is 32.2. The molecule has 2 fully saturated rings. The van der Waals surface area contributed by atoms with Gasteiger partial charge in [0, 0.05) is 31.0 Å². The van der Waals surface area contributed by atoms with Crippen molar-refractivity contribution in [2.45, 2.75) is 101 Å². The van der Waals surface area contributed by atoms with Gasteiger partial charge in [-0.05, 0) is 73.3 Å². The minimum Gasteiger partial charge on any atom is -0.343 e. The van der Waals surface area contributed by atoms with E-state index in [1.54, 1.807) is 25.1 Å². The van der Waals surface area contributed by atoms with Crippen LogP contribution in [-0.4, -0.2) is 45.0 Å². The highest BCUT2D eigenvalue weighted by molar-refractivity contribution is 7.89. The summed E-state index contributed by atoms with van der Waals surface area (Å²) in [6.45, 7) is 7.32. The lowest BCUT2D eigenvalue weighted by Gasteiger charge is -2.34. The molecule has 2 heterocycles. The van der Waals surface area contributed by atoms with Crippen LogP contribution >= 0.6 is 0 Å². The van der Waals surface area contributed by atoms with Crippen LogP contribution in [0.2, 0.25) is 0 Å². The molecule has 2 aromatic rings. The molecule has 0 spiro atoms. The first-order chi connectivity index (χ1) is 18.4. The second-order valence-electron chi connectivity index (χ2n) is 12.3. The Bertz CT molecular complexity index is 1450. The summed E-state index contributed by atoms with van der Waals surface area (Å²) in [7, 11) is -8.22. The molecule has 1 atom stereocenters. The molecule has 40 heavy (non-hydrogen) atoms. The molecule has 1 aliphatic heterocycles. The van der Waals surface area contributed by atoms with E-state index in [1.165, 1.54) is 12.5 Å². The fourth-order valence-electron chi connectivity index (χ4n) is 6.08. The fourth-order valence-corrected chi connectivity index (χ4v) is 8.78. The Labute approximate surface area is 236 Å². The molecular weight excluding hydrogens is 563 g/mol. The molecule has 12 heteroatoms. The smallest absolute Gasteiger partial charge is 0.343 e. The van der Waals surface area contributed by atoms with Gasteiger partial charge in [-0.15, -0.1) is 0 Å². The van der Waals surface area contributed by atoms with Crippen LogP contribution < -0.4 is 5.14 Å². The first-order valence-electron chi connectivity index (χ1n) is 13.9. The summed E-state index contributed by atoms with van der Waals surface area (Å²) in [4.78, 5) is -0.000761. The summed E-state index contributed by atoms with van der Waals surface area (Å²) in [6.07, 6.45) is 1.09. The maximum absolute atomic E-state index is 13.8. The van der Waals surface area contributed by atoms with Crippen molar-refractivity contribution in [1.29, 1.82) is 0 Å². The van der Waals surface area contributed by atoms with E-state index in [4.69, 9.17) is 5.14 Å². The van der Waals surface area contributed by atoms with E-state index in [9.17, 15) is 30.0 Å². The summed E-state index contributed by atoms with van der Waals surface area (Å²) in [5, 5.41) is 5.55. The SMILES string of the molecule is Cc1c(S(N)(=O)=O)cc(-c2ccc(S(=O)(=O)N3CCCC(C(F)(F)F)C3)c(C(C)(C)C)c2)n1CC1CCCCC1. The third-order valence-electron chi connectivity index (χ3n) is 8.34. The Hall–Kier alpha value is -1.89. The lowest BCUT2D eigenvalue weighted by Crippen LogP contribution is -2.45. The molecule has 0 amide bonds. The first kappa shape index (κ1) is 31.1. The molecule has 0 bridgehead atoms. The van der Waals surface area contributed by atoms with Crippen molar-refractivity contribution in [1.82, 2.24) is 8.87 Å². The average Bonchev–Trinajstić information content (AvgIpc) is 3.19. The van der Waals surface area contributed by atoms with Crippen molar-refractivity contribution < 1.29 is 30.0 Å². The molecule has 1 unspecified atom stereocenters. The Kier molecular flexibility index (Phi) is 8.60. The zero-order valence-electron chi connectivity index (χ0n) is 23.6. The van der Waals surface area contributed by atoms with Gasteiger partial charge in [-0.2, -0.15) is 17.5 Å². The lowest BCUT2D eigenvalue weighted by molar-refractivity contribution is -0.182.